The highest BCUT2D eigenvalue weighted by molar-refractivity contribution is 9.10. The molecule has 3 aromatic carbocycles. The molecular weight excluding hydrogens is 386 g/mol. The van der Waals surface area contributed by atoms with Gasteiger partial charge in [0.2, 0.25) is 0 Å². The van der Waals surface area contributed by atoms with Gasteiger partial charge in [0.25, 0.3) is 0 Å². The zero-order chi connectivity index (χ0) is 17.5. The monoisotopic (exact) mass is 399 g/mol. The van der Waals surface area contributed by atoms with E-state index in [1.807, 2.05) is 24.4 Å². The number of rotatable bonds is 2. The fourth-order valence-corrected chi connectivity index (χ4v) is 3.84. The number of hydrogen-bond acceptors (Lipinski definition) is 2. The molecule has 2 heterocycles. The van der Waals surface area contributed by atoms with Crippen LogP contribution in [0.5, 0.6) is 0 Å². The van der Waals surface area contributed by atoms with Crippen LogP contribution in [-0.4, -0.2) is 4.98 Å². The molecule has 0 unspecified atom stereocenters. The Morgan fingerprint density at radius 1 is 0.654 bits per heavy atom. The van der Waals surface area contributed by atoms with Crippen LogP contribution < -0.4 is 0 Å². The lowest BCUT2D eigenvalue weighted by molar-refractivity contribution is 0.668. The van der Waals surface area contributed by atoms with Crippen LogP contribution in [0.2, 0.25) is 0 Å². The highest BCUT2D eigenvalue weighted by atomic mass is 79.9. The molecule has 3 heteroatoms. The zero-order valence-corrected chi connectivity index (χ0v) is 15.4. The van der Waals surface area contributed by atoms with Crippen LogP contribution in [0.4, 0.5) is 0 Å². The molecular formula is C23H14BrNO. The lowest BCUT2D eigenvalue weighted by Crippen LogP contribution is -1.82. The molecule has 0 aliphatic carbocycles. The van der Waals surface area contributed by atoms with Crippen molar-refractivity contribution < 1.29 is 4.42 Å². The molecule has 0 atom stereocenters. The summed E-state index contributed by atoms with van der Waals surface area (Å²) in [7, 11) is 0. The molecule has 0 N–H and O–H groups in total. The van der Waals surface area contributed by atoms with Crippen LogP contribution in [0.3, 0.4) is 0 Å². The highest BCUT2D eigenvalue weighted by Gasteiger charge is 2.13. The van der Waals surface area contributed by atoms with E-state index in [2.05, 4.69) is 75.5 Å². The summed E-state index contributed by atoms with van der Waals surface area (Å²) < 4.78 is 7.20. The minimum absolute atomic E-state index is 0.891. The van der Waals surface area contributed by atoms with Crippen molar-refractivity contribution in [3.8, 4) is 22.3 Å². The summed E-state index contributed by atoms with van der Waals surface area (Å²) in [5.74, 6) is 0. The van der Waals surface area contributed by atoms with Gasteiger partial charge in [-0.15, -0.1) is 0 Å². The summed E-state index contributed by atoms with van der Waals surface area (Å²) in [5.41, 5.74) is 6.32. The molecule has 0 saturated heterocycles. The number of pyridine rings is 1. The average molecular weight is 400 g/mol. The molecule has 5 aromatic rings. The number of nitrogens with zero attached hydrogens (tertiary/aromatic N) is 1. The van der Waals surface area contributed by atoms with E-state index >= 15 is 0 Å². The van der Waals surface area contributed by atoms with Gasteiger partial charge in [-0.05, 0) is 44.8 Å². The first-order valence-corrected chi connectivity index (χ1v) is 9.21. The Morgan fingerprint density at radius 2 is 1.38 bits per heavy atom. The molecule has 0 aliphatic rings. The molecule has 2 aromatic heterocycles. The van der Waals surface area contributed by atoms with E-state index in [9.17, 15) is 0 Å². The third-order valence-corrected chi connectivity index (χ3v) is 5.29. The van der Waals surface area contributed by atoms with Gasteiger partial charge >= 0.3 is 0 Å². The number of fused-ring (bicyclic) bond motifs is 3. The second-order valence-corrected chi connectivity index (χ2v) is 7.07. The van der Waals surface area contributed by atoms with Gasteiger partial charge in [-0.3, -0.25) is 4.98 Å². The largest absolute Gasteiger partial charge is 0.454 e. The van der Waals surface area contributed by atoms with E-state index in [0.717, 1.165) is 48.7 Å². The summed E-state index contributed by atoms with van der Waals surface area (Å²) in [6, 6.07) is 25.0. The molecule has 26 heavy (non-hydrogen) atoms. The van der Waals surface area contributed by atoms with E-state index < -0.39 is 0 Å². The Morgan fingerprint density at radius 3 is 2.15 bits per heavy atom. The average Bonchev–Trinajstić information content (AvgIpc) is 3.09. The number of furan rings is 1. The number of aromatic nitrogens is 1. The summed E-state index contributed by atoms with van der Waals surface area (Å²) >= 11 is 3.59. The smallest absolute Gasteiger partial charge is 0.149 e. The fourth-order valence-electron chi connectivity index (χ4n) is 3.39. The van der Waals surface area contributed by atoms with E-state index in [1.165, 1.54) is 0 Å². The Balaban J connectivity index is 1.67. The van der Waals surface area contributed by atoms with Crippen LogP contribution >= 0.6 is 15.9 Å². The Labute approximate surface area is 159 Å². The molecule has 0 aliphatic heterocycles. The maximum atomic E-state index is 6.23. The quantitative estimate of drug-likeness (QED) is 0.317. The molecule has 0 bridgehead atoms. The molecule has 0 spiro atoms. The van der Waals surface area contributed by atoms with Gasteiger partial charge in [-0.2, -0.15) is 0 Å². The first-order chi connectivity index (χ1) is 12.8. The molecule has 0 radical (unpaired) electrons. The summed E-state index contributed by atoms with van der Waals surface area (Å²) in [5, 5.41) is 2.26. The van der Waals surface area contributed by atoms with Crippen molar-refractivity contribution in [1.82, 2.24) is 4.98 Å². The van der Waals surface area contributed by atoms with Gasteiger partial charge < -0.3 is 4.42 Å². The number of benzene rings is 3. The highest BCUT2D eigenvalue weighted by Crippen LogP contribution is 2.38. The number of para-hydroxylation sites is 2. The number of halogens is 1. The van der Waals surface area contributed by atoms with Crippen molar-refractivity contribution >= 4 is 37.9 Å². The van der Waals surface area contributed by atoms with E-state index in [-0.39, 0.29) is 0 Å². The van der Waals surface area contributed by atoms with E-state index in [1.54, 1.807) is 6.20 Å². The minimum Gasteiger partial charge on any atom is -0.454 e. The van der Waals surface area contributed by atoms with Gasteiger partial charge in [0, 0.05) is 28.7 Å². The van der Waals surface area contributed by atoms with Crippen LogP contribution in [0.1, 0.15) is 0 Å². The molecule has 2 nitrogen and oxygen atoms in total. The van der Waals surface area contributed by atoms with Crippen molar-refractivity contribution in [2.24, 2.45) is 0 Å². The van der Waals surface area contributed by atoms with Crippen molar-refractivity contribution in [1.29, 1.82) is 0 Å². The predicted molar refractivity (Wildman–Crippen MR) is 110 cm³/mol. The topological polar surface area (TPSA) is 26.0 Å². The Hall–Kier alpha value is -2.91. The Bertz CT molecular complexity index is 1220. The fraction of sp³-hybridized carbons (Fsp3) is 0. The predicted octanol–water partition coefficient (Wildman–Crippen LogP) is 7.08. The Kier molecular flexibility index (Phi) is 3.61. The second kappa shape index (κ2) is 6.11. The first kappa shape index (κ1) is 15.4. The van der Waals surface area contributed by atoms with Gasteiger partial charge in [-0.25, -0.2) is 0 Å². The van der Waals surface area contributed by atoms with Gasteiger partial charge in [0.05, 0.1) is 4.47 Å². The van der Waals surface area contributed by atoms with Crippen molar-refractivity contribution in [2.75, 3.05) is 0 Å². The summed E-state index contributed by atoms with van der Waals surface area (Å²) in [6.45, 7) is 0. The van der Waals surface area contributed by atoms with Gasteiger partial charge in [-0.1, -0.05) is 60.7 Å². The van der Waals surface area contributed by atoms with Crippen LogP contribution in [0, 0.1) is 0 Å². The SMILES string of the molecule is Brc1cccc2c1oc1c(-c3ccc(-c4cccnc4)cc3)cccc12. The third-order valence-electron chi connectivity index (χ3n) is 4.67. The van der Waals surface area contributed by atoms with Crippen molar-refractivity contribution in [3.63, 3.8) is 0 Å². The lowest BCUT2D eigenvalue weighted by atomic mass is 9.99. The van der Waals surface area contributed by atoms with Crippen LogP contribution in [0.25, 0.3) is 44.2 Å². The minimum atomic E-state index is 0.891. The van der Waals surface area contributed by atoms with Gasteiger partial charge in [0.15, 0.2) is 0 Å². The second-order valence-electron chi connectivity index (χ2n) is 6.22. The van der Waals surface area contributed by atoms with E-state index in [4.69, 9.17) is 4.42 Å². The first-order valence-electron chi connectivity index (χ1n) is 8.42. The van der Waals surface area contributed by atoms with Crippen LogP contribution in [0.15, 0.2) is 94.1 Å². The molecule has 0 amide bonds. The molecule has 0 saturated carbocycles. The molecule has 124 valence electrons. The summed E-state index contributed by atoms with van der Waals surface area (Å²) in [6.07, 6.45) is 3.67. The molecule has 5 rings (SSSR count). The van der Waals surface area contributed by atoms with E-state index in [0.29, 0.717) is 0 Å². The standard InChI is InChI=1S/C23H14BrNO/c24-21-8-2-7-20-19-6-1-5-18(22(19)26-23(20)21)16-11-9-15(10-12-16)17-4-3-13-25-14-17/h1-14H. The van der Waals surface area contributed by atoms with Crippen LogP contribution in [-0.2, 0) is 0 Å². The lowest BCUT2D eigenvalue weighted by Gasteiger charge is -2.05. The normalized spacial score (nSPS) is 11.3. The maximum Gasteiger partial charge on any atom is 0.149 e. The molecule has 0 fully saturated rings. The maximum absolute atomic E-state index is 6.23. The third kappa shape index (κ3) is 2.44. The zero-order valence-electron chi connectivity index (χ0n) is 13.8. The van der Waals surface area contributed by atoms with Gasteiger partial charge in [0.1, 0.15) is 11.2 Å². The number of hydrogen-bond donors (Lipinski definition) is 0. The van der Waals surface area contributed by atoms with Crippen molar-refractivity contribution in [3.05, 3.63) is 89.7 Å². The van der Waals surface area contributed by atoms with Crippen molar-refractivity contribution in [2.45, 2.75) is 0 Å². The summed E-state index contributed by atoms with van der Waals surface area (Å²) in [4.78, 5) is 4.20.